The van der Waals surface area contributed by atoms with Gasteiger partial charge >= 0.3 is 0 Å². The number of phenols is 2. The second-order valence-corrected chi connectivity index (χ2v) is 5.57. The second-order valence-electron chi connectivity index (χ2n) is 5.57. The van der Waals surface area contributed by atoms with Crippen molar-refractivity contribution in [2.75, 3.05) is 11.9 Å². The van der Waals surface area contributed by atoms with Crippen LogP contribution < -0.4 is 5.32 Å². The van der Waals surface area contributed by atoms with E-state index >= 15 is 0 Å². The van der Waals surface area contributed by atoms with E-state index in [0.29, 0.717) is 12.2 Å². The smallest absolute Gasteiger partial charge is 0.138 e. The molecule has 0 aliphatic carbocycles. The van der Waals surface area contributed by atoms with E-state index in [2.05, 4.69) is 25.7 Å². The Hall–Kier alpha value is -2.42. The van der Waals surface area contributed by atoms with Gasteiger partial charge in [0.2, 0.25) is 0 Å². The molecular formula is C18H21NO2. The van der Waals surface area contributed by atoms with E-state index in [1.54, 1.807) is 24.3 Å². The van der Waals surface area contributed by atoms with Gasteiger partial charge in [-0.15, -0.1) is 6.58 Å². The maximum atomic E-state index is 9.90. The Balaban J connectivity index is 2.39. The first kappa shape index (κ1) is 15.0. The molecule has 2 rings (SSSR count). The summed E-state index contributed by atoms with van der Waals surface area (Å²) in [4.78, 5) is 0. The van der Waals surface area contributed by atoms with E-state index in [9.17, 15) is 10.2 Å². The van der Waals surface area contributed by atoms with E-state index in [1.165, 1.54) is 0 Å². The van der Waals surface area contributed by atoms with Crippen molar-refractivity contribution in [2.45, 2.75) is 19.3 Å². The van der Waals surface area contributed by atoms with E-state index in [-0.39, 0.29) is 16.9 Å². The van der Waals surface area contributed by atoms with Crippen molar-refractivity contribution in [1.82, 2.24) is 0 Å². The van der Waals surface area contributed by atoms with Crippen molar-refractivity contribution in [1.29, 1.82) is 0 Å². The summed E-state index contributed by atoms with van der Waals surface area (Å²) in [6.45, 7) is 8.49. The van der Waals surface area contributed by atoms with E-state index in [1.807, 2.05) is 24.3 Å². The van der Waals surface area contributed by atoms with Crippen LogP contribution >= 0.6 is 0 Å². The normalized spacial score (nSPS) is 11.1. The predicted molar refractivity (Wildman–Crippen MR) is 87.0 cm³/mol. The lowest BCUT2D eigenvalue weighted by Gasteiger charge is -2.27. The van der Waals surface area contributed by atoms with Crippen LogP contribution in [0.25, 0.3) is 0 Å². The molecular weight excluding hydrogens is 262 g/mol. The van der Waals surface area contributed by atoms with Crippen molar-refractivity contribution in [3.63, 3.8) is 0 Å². The van der Waals surface area contributed by atoms with Crippen LogP contribution in [0.5, 0.6) is 11.5 Å². The lowest BCUT2D eigenvalue weighted by molar-refractivity contribution is 0.474. The molecule has 0 fully saturated rings. The quantitative estimate of drug-likeness (QED) is 0.574. The SMILES string of the molecule is C=CCNc1cc(C(C)(C)c2ccc(O)cc2)ccc1O. The summed E-state index contributed by atoms with van der Waals surface area (Å²) < 4.78 is 0. The molecule has 2 aromatic rings. The van der Waals surface area contributed by atoms with E-state index < -0.39 is 0 Å². The third-order valence-corrected chi connectivity index (χ3v) is 3.74. The van der Waals surface area contributed by atoms with Crippen LogP contribution in [-0.2, 0) is 5.41 Å². The molecule has 3 nitrogen and oxygen atoms in total. The highest BCUT2D eigenvalue weighted by atomic mass is 16.3. The summed E-state index contributed by atoms with van der Waals surface area (Å²) >= 11 is 0. The zero-order valence-corrected chi connectivity index (χ0v) is 12.4. The minimum Gasteiger partial charge on any atom is -0.508 e. The topological polar surface area (TPSA) is 52.5 Å². The van der Waals surface area contributed by atoms with Gasteiger partial charge in [-0.3, -0.25) is 0 Å². The van der Waals surface area contributed by atoms with E-state index in [0.717, 1.165) is 11.1 Å². The monoisotopic (exact) mass is 283 g/mol. The minimum absolute atomic E-state index is 0.224. The summed E-state index contributed by atoms with van der Waals surface area (Å²) in [5.74, 6) is 0.482. The summed E-state index contributed by atoms with van der Waals surface area (Å²) in [5, 5.41) is 22.5. The van der Waals surface area contributed by atoms with Crippen molar-refractivity contribution in [3.8, 4) is 11.5 Å². The average Bonchev–Trinajstić information content (AvgIpc) is 2.46. The molecule has 0 saturated heterocycles. The van der Waals surface area contributed by atoms with Crippen molar-refractivity contribution < 1.29 is 10.2 Å². The van der Waals surface area contributed by atoms with Crippen molar-refractivity contribution in [3.05, 3.63) is 66.2 Å². The third-order valence-electron chi connectivity index (χ3n) is 3.74. The standard InChI is InChI=1S/C18H21NO2/c1-4-11-19-16-12-14(7-10-17(16)21)18(2,3)13-5-8-15(20)9-6-13/h4-10,12,19-21H,1,11H2,2-3H3. The summed E-state index contributed by atoms with van der Waals surface area (Å²) in [7, 11) is 0. The second kappa shape index (κ2) is 5.92. The van der Waals surface area contributed by atoms with Gasteiger partial charge in [-0.2, -0.15) is 0 Å². The summed E-state index contributed by atoms with van der Waals surface area (Å²) in [6.07, 6.45) is 1.75. The molecule has 0 amide bonds. The van der Waals surface area contributed by atoms with Crippen LogP contribution in [0.15, 0.2) is 55.1 Å². The lowest BCUT2D eigenvalue weighted by Crippen LogP contribution is -2.19. The highest BCUT2D eigenvalue weighted by Crippen LogP contribution is 2.36. The Labute approximate surface area is 125 Å². The fourth-order valence-electron chi connectivity index (χ4n) is 2.29. The Bertz CT molecular complexity index is 630. The third kappa shape index (κ3) is 3.19. The van der Waals surface area contributed by atoms with Crippen LogP contribution in [0.2, 0.25) is 0 Å². The van der Waals surface area contributed by atoms with Crippen molar-refractivity contribution >= 4 is 5.69 Å². The first-order valence-electron chi connectivity index (χ1n) is 6.93. The number of anilines is 1. The molecule has 0 atom stereocenters. The Kier molecular flexibility index (Phi) is 4.22. The fraction of sp³-hybridized carbons (Fsp3) is 0.222. The molecule has 0 spiro atoms. The van der Waals surface area contributed by atoms with Crippen LogP contribution in [0.3, 0.4) is 0 Å². The average molecular weight is 283 g/mol. The van der Waals surface area contributed by atoms with Gasteiger partial charge in [0.15, 0.2) is 0 Å². The number of rotatable bonds is 5. The van der Waals surface area contributed by atoms with Crippen molar-refractivity contribution in [2.24, 2.45) is 0 Å². The van der Waals surface area contributed by atoms with Gasteiger partial charge in [0.1, 0.15) is 11.5 Å². The number of hydrogen-bond donors (Lipinski definition) is 3. The minimum atomic E-state index is -0.230. The molecule has 21 heavy (non-hydrogen) atoms. The molecule has 0 radical (unpaired) electrons. The number of nitrogens with one attached hydrogen (secondary N) is 1. The number of aromatic hydroxyl groups is 2. The molecule has 0 saturated carbocycles. The molecule has 0 aliphatic rings. The first-order valence-corrected chi connectivity index (χ1v) is 6.93. The van der Waals surface area contributed by atoms with Gasteiger partial charge in [0.25, 0.3) is 0 Å². The Morgan fingerprint density at radius 2 is 1.67 bits per heavy atom. The van der Waals surface area contributed by atoms with Gasteiger partial charge in [-0.25, -0.2) is 0 Å². The molecule has 0 unspecified atom stereocenters. The van der Waals surface area contributed by atoms with Crippen LogP contribution in [0, 0.1) is 0 Å². The lowest BCUT2D eigenvalue weighted by atomic mass is 9.78. The summed E-state index contributed by atoms with van der Waals surface area (Å²) in [5.41, 5.74) is 2.64. The highest BCUT2D eigenvalue weighted by Gasteiger charge is 2.24. The maximum absolute atomic E-state index is 9.90. The van der Waals surface area contributed by atoms with Gasteiger partial charge in [-0.05, 0) is 35.4 Å². The fourth-order valence-corrected chi connectivity index (χ4v) is 2.29. The molecule has 3 N–H and O–H groups in total. The van der Waals surface area contributed by atoms with Gasteiger partial charge in [-0.1, -0.05) is 38.1 Å². The molecule has 0 aliphatic heterocycles. The zero-order valence-electron chi connectivity index (χ0n) is 12.4. The van der Waals surface area contributed by atoms with Crippen LogP contribution in [0.1, 0.15) is 25.0 Å². The highest BCUT2D eigenvalue weighted by molar-refractivity contribution is 5.59. The van der Waals surface area contributed by atoms with Crippen LogP contribution in [0.4, 0.5) is 5.69 Å². The maximum Gasteiger partial charge on any atom is 0.138 e. The Morgan fingerprint density at radius 3 is 2.29 bits per heavy atom. The molecule has 0 aromatic heterocycles. The first-order chi connectivity index (χ1) is 9.95. The van der Waals surface area contributed by atoms with Gasteiger partial charge < -0.3 is 15.5 Å². The number of benzene rings is 2. The van der Waals surface area contributed by atoms with Crippen LogP contribution in [-0.4, -0.2) is 16.8 Å². The number of phenolic OH excluding ortho intramolecular Hbond substituents is 2. The molecule has 2 aromatic carbocycles. The molecule has 3 heteroatoms. The number of hydrogen-bond acceptors (Lipinski definition) is 3. The summed E-state index contributed by atoms with van der Waals surface area (Å²) in [6, 6.07) is 12.8. The van der Waals surface area contributed by atoms with Gasteiger partial charge in [0, 0.05) is 12.0 Å². The molecule has 0 bridgehead atoms. The zero-order chi connectivity index (χ0) is 15.5. The molecule has 110 valence electrons. The van der Waals surface area contributed by atoms with E-state index in [4.69, 9.17) is 0 Å². The predicted octanol–water partition coefficient (Wildman–Crippen LogP) is 4.02. The Morgan fingerprint density at radius 1 is 1.05 bits per heavy atom. The van der Waals surface area contributed by atoms with Gasteiger partial charge in [0.05, 0.1) is 5.69 Å². The largest absolute Gasteiger partial charge is 0.508 e. The molecule has 0 heterocycles.